The lowest BCUT2D eigenvalue weighted by atomic mass is 10.2. The maximum absolute atomic E-state index is 5.42. The Hall–Kier alpha value is -1.93. The van der Waals surface area contributed by atoms with Gasteiger partial charge in [-0.3, -0.25) is 5.43 Å². The molecule has 0 amide bonds. The van der Waals surface area contributed by atoms with Gasteiger partial charge in [0.15, 0.2) is 0 Å². The van der Waals surface area contributed by atoms with Gasteiger partial charge < -0.3 is 10.1 Å². The van der Waals surface area contributed by atoms with E-state index in [0.717, 1.165) is 22.1 Å². The van der Waals surface area contributed by atoms with E-state index in [1.54, 1.807) is 0 Å². The maximum atomic E-state index is 5.42. The van der Waals surface area contributed by atoms with Crippen molar-refractivity contribution in [1.29, 1.82) is 0 Å². The number of nitrogens with zero attached hydrogens (tertiary/aromatic N) is 3. The number of rotatable bonds is 6. The Balaban J connectivity index is 2.27. The van der Waals surface area contributed by atoms with E-state index >= 15 is 0 Å². The molecule has 0 bridgehead atoms. The molecular formula is C13H17BrN6O. The summed E-state index contributed by atoms with van der Waals surface area (Å²) in [7, 11) is 0. The van der Waals surface area contributed by atoms with E-state index in [9.17, 15) is 0 Å². The molecule has 7 nitrogen and oxygen atoms in total. The van der Waals surface area contributed by atoms with Crippen molar-refractivity contribution in [2.75, 3.05) is 17.3 Å². The van der Waals surface area contributed by atoms with Crippen LogP contribution in [-0.4, -0.2) is 21.6 Å². The Labute approximate surface area is 131 Å². The monoisotopic (exact) mass is 352 g/mol. The second-order valence-electron chi connectivity index (χ2n) is 4.34. The molecule has 2 aromatic rings. The normalized spacial score (nSPS) is 10.3. The molecule has 0 radical (unpaired) electrons. The summed E-state index contributed by atoms with van der Waals surface area (Å²) in [5, 5.41) is 3.14. The topological polar surface area (TPSA) is 98.0 Å². The summed E-state index contributed by atoms with van der Waals surface area (Å²) in [6, 6.07) is 6.14. The minimum atomic E-state index is 0.231. The van der Waals surface area contributed by atoms with Crippen LogP contribution >= 0.6 is 15.9 Å². The van der Waals surface area contributed by atoms with Crippen LogP contribution in [0, 0.1) is 6.92 Å². The molecule has 112 valence electrons. The second kappa shape index (κ2) is 7.19. The minimum absolute atomic E-state index is 0.231. The molecule has 8 heteroatoms. The largest absolute Gasteiger partial charge is 0.463 e. The molecule has 4 N–H and O–H groups in total. The van der Waals surface area contributed by atoms with Crippen LogP contribution in [0.3, 0.4) is 0 Å². The first-order valence-electron chi connectivity index (χ1n) is 6.51. The van der Waals surface area contributed by atoms with E-state index in [0.29, 0.717) is 12.6 Å². The molecular weight excluding hydrogens is 336 g/mol. The van der Waals surface area contributed by atoms with E-state index in [-0.39, 0.29) is 12.0 Å². The molecule has 0 aliphatic heterocycles. The van der Waals surface area contributed by atoms with Crippen molar-refractivity contribution in [2.45, 2.75) is 20.3 Å². The van der Waals surface area contributed by atoms with E-state index < -0.39 is 0 Å². The SMILES string of the molecule is CCCOc1nc(NN)nc(Nc2cc(Br)ccc2C)n1. The molecule has 1 aromatic heterocycles. The van der Waals surface area contributed by atoms with Gasteiger partial charge in [-0.25, -0.2) is 5.84 Å². The molecule has 0 saturated carbocycles. The van der Waals surface area contributed by atoms with Crippen LogP contribution in [0.1, 0.15) is 18.9 Å². The van der Waals surface area contributed by atoms with Crippen molar-refractivity contribution in [3.05, 3.63) is 28.2 Å². The van der Waals surface area contributed by atoms with Gasteiger partial charge in [-0.05, 0) is 31.0 Å². The number of nitrogens with two attached hydrogens (primary N) is 1. The summed E-state index contributed by atoms with van der Waals surface area (Å²) < 4.78 is 6.39. The van der Waals surface area contributed by atoms with E-state index in [1.807, 2.05) is 32.0 Å². The highest BCUT2D eigenvalue weighted by atomic mass is 79.9. The van der Waals surface area contributed by atoms with Crippen LogP contribution in [0.25, 0.3) is 0 Å². The van der Waals surface area contributed by atoms with Crippen LogP contribution in [-0.2, 0) is 0 Å². The number of aryl methyl sites for hydroxylation is 1. The molecule has 21 heavy (non-hydrogen) atoms. The van der Waals surface area contributed by atoms with E-state index in [1.165, 1.54) is 0 Å². The lowest BCUT2D eigenvalue weighted by Gasteiger charge is -2.11. The second-order valence-corrected chi connectivity index (χ2v) is 5.26. The molecule has 2 rings (SSSR count). The van der Waals surface area contributed by atoms with Crippen molar-refractivity contribution >= 4 is 33.5 Å². The first-order valence-corrected chi connectivity index (χ1v) is 7.30. The lowest BCUT2D eigenvalue weighted by molar-refractivity contribution is 0.292. The molecule has 0 atom stereocenters. The van der Waals surface area contributed by atoms with Gasteiger partial charge in [0.25, 0.3) is 0 Å². The van der Waals surface area contributed by atoms with Crippen molar-refractivity contribution < 1.29 is 4.74 Å². The number of hydrogen-bond acceptors (Lipinski definition) is 7. The smallest absolute Gasteiger partial charge is 0.323 e. The van der Waals surface area contributed by atoms with Crippen LogP contribution in [0.4, 0.5) is 17.6 Å². The predicted octanol–water partition coefficient (Wildman–Crippen LogP) is 2.76. The van der Waals surface area contributed by atoms with Gasteiger partial charge in [0.2, 0.25) is 11.9 Å². The first kappa shape index (κ1) is 15.5. The van der Waals surface area contributed by atoms with E-state index in [4.69, 9.17) is 10.6 Å². The Kier molecular flexibility index (Phi) is 5.29. The Bertz CT molecular complexity index is 622. The number of hydrogen-bond donors (Lipinski definition) is 3. The zero-order valence-corrected chi connectivity index (χ0v) is 13.4. The van der Waals surface area contributed by atoms with Gasteiger partial charge in [0, 0.05) is 10.2 Å². The number of benzene rings is 1. The number of halogens is 1. The Morgan fingerprint density at radius 3 is 2.71 bits per heavy atom. The minimum Gasteiger partial charge on any atom is -0.463 e. The molecule has 1 heterocycles. The van der Waals surface area contributed by atoms with Crippen molar-refractivity contribution in [3.63, 3.8) is 0 Å². The van der Waals surface area contributed by atoms with Crippen molar-refractivity contribution in [3.8, 4) is 6.01 Å². The molecule has 0 spiro atoms. The third kappa shape index (κ3) is 4.27. The third-order valence-corrected chi connectivity index (χ3v) is 3.12. The summed E-state index contributed by atoms with van der Waals surface area (Å²) >= 11 is 3.44. The van der Waals surface area contributed by atoms with Gasteiger partial charge in [0.05, 0.1) is 6.61 Å². The number of nitrogen functional groups attached to an aromatic ring is 1. The first-order chi connectivity index (χ1) is 10.1. The van der Waals surface area contributed by atoms with Gasteiger partial charge in [-0.2, -0.15) is 15.0 Å². The zero-order valence-electron chi connectivity index (χ0n) is 11.9. The number of anilines is 3. The number of hydrazine groups is 1. The Morgan fingerprint density at radius 2 is 2.00 bits per heavy atom. The fourth-order valence-corrected chi connectivity index (χ4v) is 1.95. The van der Waals surface area contributed by atoms with Crippen molar-refractivity contribution in [1.82, 2.24) is 15.0 Å². The fraction of sp³-hybridized carbons (Fsp3) is 0.308. The highest BCUT2D eigenvalue weighted by Crippen LogP contribution is 2.23. The summed E-state index contributed by atoms with van der Waals surface area (Å²) in [5.74, 6) is 5.98. The fourth-order valence-electron chi connectivity index (χ4n) is 1.58. The molecule has 0 unspecified atom stereocenters. The van der Waals surface area contributed by atoms with Gasteiger partial charge >= 0.3 is 6.01 Å². The van der Waals surface area contributed by atoms with Crippen LogP contribution in [0.15, 0.2) is 22.7 Å². The number of ether oxygens (including phenoxy) is 1. The van der Waals surface area contributed by atoms with Crippen LogP contribution in [0.5, 0.6) is 6.01 Å². The highest BCUT2D eigenvalue weighted by Gasteiger charge is 2.08. The van der Waals surface area contributed by atoms with Crippen molar-refractivity contribution in [2.24, 2.45) is 5.84 Å². The van der Waals surface area contributed by atoms with Gasteiger partial charge in [-0.15, -0.1) is 0 Å². The summed E-state index contributed by atoms with van der Waals surface area (Å²) in [4.78, 5) is 12.4. The predicted molar refractivity (Wildman–Crippen MR) is 85.6 cm³/mol. The average molecular weight is 353 g/mol. The lowest BCUT2D eigenvalue weighted by Crippen LogP contribution is -2.14. The average Bonchev–Trinajstić information content (AvgIpc) is 2.48. The molecule has 0 saturated heterocycles. The third-order valence-electron chi connectivity index (χ3n) is 2.63. The molecule has 0 aliphatic carbocycles. The number of aromatic nitrogens is 3. The molecule has 1 aromatic carbocycles. The number of nitrogens with one attached hydrogen (secondary N) is 2. The van der Waals surface area contributed by atoms with Crippen LogP contribution < -0.4 is 21.3 Å². The summed E-state index contributed by atoms with van der Waals surface area (Å²) in [6.45, 7) is 4.53. The summed E-state index contributed by atoms with van der Waals surface area (Å²) in [5.41, 5.74) is 4.36. The van der Waals surface area contributed by atoms with Gasteiger partial charge in [0.1, 0.15) is 0 Å². The molecule has 0 fully saturated rings. The maximum Gasteiger partial charge on any atom is 0.323 e. The quantitative estimate of drug-likeness (QED) is 0.543. The Morgan fingerprint density at radius 1 is 1.24 bits per heavy atom. The van der Waals surface area contributed by atoms with E-state index in [2.05, 4.69) is 41.6 Å². The van der Waals surface area contributed by atoms with Gasteiger partial charge in [-0.1, -0.05) is 28.9 Å². The standard InChI is InChI=1S/C13H17BrN6O/c1-3-6-21-13-18-11(17-12(19-13)20-15)16-10-7-9(14)5-4-8(10)2/h4-5,7H,3,6,15H2,1-2H3,(H2,16,17,18,19,20). The zero-order chi connectivity index (χ0) is 15.2. The highest BCUT2D eigenvalue weighted by molar-refractivity contribution is 9.10. The molecule has 0 aliphatic rings. The summed E-state index contributed by atoms with van der Waals surface area (Å²) in [6.07, 6.45) is 0.866. The van der Waals surface area contributed by atoms with Crippen LogP contribution in [0.2, 0.25) is 0 Å².